The second-order valence-electron chi connectivity index (χ2n) is 2.92. The Labute approximate surface area is 83.4 Å². The summed E-state index contributed by atoms with van der Waals surface area (Å²) in [7, 11) is -3.40. The number of aromatic nitrogens is 1. The third-order valence-electron chi connectivity index (χ3n) is 1.53. The lowest BCUT2D eigenvalue weighted by Crippen LogP contribution is -2.52. The van der Waals surface area contributed by atoms with E-state index in [0.717, 1.165) is 5.56 Å². The van der Waals surface area contributed by atoms with Crippen LogP contribution in [0.4, 0.5) is 5.82 Å². The Morgan fingerprint density at radius 1 is 1.50 bits per heavy atom. The van der Waals surface area contributed by atoms with Crippen LogP contribution < -0.4 is 5.73 Å². The predicted octanol–water partition coefficient (Wildman–Crippen LogP) is -0.0331. The van der Waals surface area contributed by atoms with E-state index in [0.29, 0.717) is 6.54 Å². The quantitative estimate of drug-likeness (QED) is 0.764. The van der Waals surface area contributed by atoms with Crippen molar-refractivity contribution in [2.75, 3.05) is 12.3 Å². The lowest BCUT2D eigenvalue weighted by molar-refractivity contribution is -0.360. The van der Waals surface area contributed by atoms with Crippen molar-refractivity contribution < 1.29 is 14.2 Å². The molecule has 0 saturated heterocycles. The highest BCUT2D eigenvalue weighted by Crippen LogP contribution is 2.18. The summed E-state index contributed by atoms with van der Waals surface area (Å²) in [5, 5.41) is 0. The van der Waals surface area contributed by atoms with Crippen molar-refractivity contribution in [2.24, 2.45) is 0 Å². The molecule has 0 aliphatic heterocycles. The van der Waals surface area contributed by atoms with Gasteiger partial charge in [-0.15, -0.1) is 0 Å². The number of nitrogens with zero attached hydrogens (tertiary/aromatic N) is 2. The number of hydrogen-bond donors (Lipinski definition) is 1. The molecule has 3 N–H and O–H groups in total. The highest BCUT2D eigenvalue weighted by atomic mass is 32.2. The molecule has 1 aromatic rings. The maximum atomic E-state index is 11.2. The molecule has 0 fully saturated rings. The van der Waals surface area contributed by atoms with Gasteiger partial charge in [0.05, 0.1) is 6.54 Å². The molecule has 0 radical (unpaired) electrons. The zero-order valence-electron chi connectivity index (χ0n) is 7.97. The van der Waals surface area contributed by atoms with E-state index in [2.05, 4.69) is 15.4 Å². The minimum Gasteiger partial charge on any atom is -0.442 e. The maximum Gasteiger partial charge on any atom is 0.178 e. The second-order valence-corrected chi connectivity index (χ2v) is 4.68. The third kappa shape index (κ3) is 3.31. The van der Waals surface area contributed by atoms with Crippen molar-refractivity contribution >= 4 is 15.8 Å². The first-order valence-corrected chi connectivity index (χ1v) is 5.82. The number of quaternary nitrogens is 1. The van der Waals surface area contributed by atoms with Gasteiger partial charge >= 0.3 is 0 Å². The van der Waals surface area contributed by atoms with Crippen molar-refractivity contribution in [1.29, 1.82) is 0 Å². The number of rotatable bonds is 4. The van der Waals surface area contributed by atoms with E-state index in [1.807, 2.05) is 6.92 Å². The van der Waals surface area contributed by atoms with Crippen molar-refractivity contribution in [3.63, 3.8) is 0 Å². The van der Waals surface area contributed by atoms with Gasteiger partial charge in [0.2, 0.25) is 0 Å². The zero-order chi connectivity index (χ0) is 10.6. The van der Waals surface area contributed by atoms with E-state index in [-0.39, 0.29) is 11.6 Å². The summed E-state index contributed by atoms with van der Waals surface area (Å²) in [6.07, 6.45) is 1.58. The predicted molar refractivity (Wildman–Crippen MR) is 53.5 cm³/mol. The Kier molecular flexibility index (Phi) is 3.43. The molecule has 6 heteroatoms. The SMILES string of the molecule is Cc1ccc([N-]S(=O)(=O)CC[NH3+])nc1. The minimum absolute atomic E-state index is 0.0391. The van der Waals surface area contributed by atoms with E-state index in [9.17, 15) is 8.42 Å². The van der Waals surface area contributed by atoms with Gasteiger partial charge in [0.1, 0.15) is 5.75 Å². The Bertz CT molecular complexity index is 386. The van der Waals surface area contributed by atoms with Crippen molar-refractivity contribution in [2.45, 2.75) is 6.92 Å². The van der Waals surface area contributed by atoms with Gasteiger partial charge in [0, 0.05) is 0 Å². The third-order valence-corrected chi connectivity index (χ3v) is 2.80. The van der Waals surface area contributed by atoms with Crippen molar-refractivity contribution in [3.8, 4) is 0 Å². The molecule has 1 aromatic heterocycles. The number of hydrogen-bond acceptors (Lipinski definition) is 3. The first-order chi connectivity index (χ1) is 6.53. The van der Waals surface area contributed by atoms with E-state index < -0.39 is 10.0 Å². The summed E-state index contributed by atoms with van der Waals surface area (Å²) in [6.45, 7) is 2.19. The van der Waals surface area contributed by atoms with Crippen LogP contribution in [-0.4, -0.2) is 25.7 Å². The van der Waals surface area contributed by atoms with Gasteiger partial charge in [-0.2, -0.15) is 0 Å². The number of sulfonamides is 1. The topological polar surface area (TPSA) is 88.8 Å². The number of pyridine rings is 1. The Morgan fingerprint density at radius 3 is 2.71 bits per heavy atom. The summed E-state index contributed by atoms with van der Waals surface area (Å²) in [5.74, 6) is 0.187. The summed E-state index contributed by atoms with van der Waals surface area (Å²) in [6, 6.07) is 3.35. The average molecular weight is 215 g/mol. The molecule has 78 valence electrons. The summed E-state index contributed by atoms with van der Waals surface area (Å²) in [4.78, 5) is 3.88. The van der Waals surface area contributed by atoms with Crippen molar-refractivity contribution in [1.82, 2.24) is 4.98 Å². The molecule has 0 aliphatic carbocycles. The second kappa shape index (κ2) is 4.39. The molecule has 0 unspecified atom stereocenters. The van der Waals surface area contributed by atoms with E-state index >= 15 is 0 Å². The summed E-state index contributed by atoms with van der Waals surface area (Å²) < 4.78 is 26.0. The molecule has 14 heavy (non-hydrogen) atoms. The Morgan fingerprint density at radius 2 is 2.21 bits per heavy atom. The first-order valence-electron chi connectivity index (χ1n) is 4.21. The summed E-state index contributed by atoms with van der Waals surface area (Å²) >= 11 is 0. The highest BCUT2D eigenvalue weighted by molar-refractivity contribution is 7.94. The van der Waals surface area contributed by atoms with Gasteiger partial charge in [-0.1, -0.05) is 23.9 Å². The standard InChI is InChI=1S/C8H12N3O2S/c1-7-2-3-8(10-6-7)11-14(12,13)5-4-9/h2-3,6H,4-5,9H2,1H3/q-1/p+1. The van der Waals surface area contributed by atoms with E-state index in [1.165, 1.54) is 0 Å². The fraction of sp³-hybridized carbons (Fsp3) is 0.375. The molecule has 0 atom stereocenters. The molecular weight excluding hydrogens is 202 g/mol. The minimum atomic E-state index is -3.40. The van der Waals surface area contributed by atoms with Crippen LogP contribution in [-0.2, 0) is 10.0 Å². The molecule has 0 spiro atoms. The van der Waals surface area contributed by atoms with Gasteiger partial charge in [-0.3, -0.25) is 0 Å². The molecule has 0 bridgehead atoms. The average Bonchev–Trinajstić information content (AvgIpc) is 2.08. The van der Waals surface area contributed by atoms with Crippen LogP contribution in [0.5, 0.6) is 0 Å². The number of aryl methyl sites for hydroxylation is 1. The van der Waals surface area contributed by atoms with Crippen LogP contribution in [0.1, 0.15) is 5.56 Å². The largest absolute Gasteiger partial charge is 0.442 e. The lowest BCUT2D eigenvalue weighted by atomic mass is 10.3. The van der Waals surface area contributed by atoms with Crippen LogP contribution in [0, 0.1) is 6.92 Å². The molecule has 0 aromatic carbocycles. The fourth-order valence-corrected chi connectivity index (χ4v) is 1.73. The van der Waals surface area contributed by atoms with Crippen LogP contribution >= 0.6 is 0 Å². The van der Waals surface area contributed by atoms with Crippen LogP contribution in [0.2, 0.25) is 0 Å². The molecule has 1 rings (SSSR count). The van der Waals surface area contributed by atoms with Gasteiger partial charge in [-0.25, -0.2) is 8.42 Å². The highest BCUT2D eigenvalue weighted by Gasteiger charge is 2.03. The van der Waals surface area contributed by atoms with Gasteiger partial charge < -0.3 is 15.4 Å². The maximum absolute atomic E-state index is 11.2. The molecule has 0 saturated carbocycles. The first kappa shape index (κ1) is 10.9. The normalized spacial score (nSPS) is 11.3. The van der Waals surface area contributed by atoms with Crippen LogP contribution in [0.15, 0.2) is 18.3 Å². The molecule has 0 aliphatic rings. The van der Waals surface area contributed by atoms with Gasteiger partial charge in [-0.05, 0) is 12.7 Å². The van der Waals surface area contributed by atoms with Gasteiger partial charge in [0.15, 0.2) is 10.0 Å². The molecular formula is C8H13N3O2S. The fourth-order valence-electron chi connectivity index (χ4n) is 0.885. The van der Waals surface area contributed by atoms with Crippen molar-refractivity contribution in [3.05, 3.63) is 28.6 Å². The van der Waals surface area contributed by atoms with Crippen LogP contribution in [0.3, 0.4) is 0 Å². The Hall–Kier alpha value is -1.14. The van der Waals surface area contributed by atoms with Gasteiger partial charge in [0.25, 0.3) is 0 Å². The molecule has 1 heterocycles. The monoisotopic (exact) mass is 215 g/mol. The zero-order valence-corrected chi connectivity index (χ0v) is 8.79. The van der Waals surface area contributed by atoms with Crippen LogP contribution in [0.25, 0.3) is 4.72 Å². The molecule has 0 amide bonds. The lowest BCUT2D eigenvalue weighted by Gasteiger charge is -2.13. The molecule has 5 nitrogen and oxygen atoms in total. The Balaban J connectivity index is 2.74. The van der Waals surface area contributed by atoms with E-state index in [1.54, 1.807) is 18.3 Å². The summed E-state index contributed by atoms with van der Waals surface area (Å²) in [5.41, 5.74) is 4.44. The van der Waals surface area contributed by atoms with E-state index in [4.69, 9.17) is 0 Å². The smallest absolute Gasteiger partial charge is 0.178 e.